The fourth-order valence-electron chi connectivity index (χ4n) is 3.89. The summed E-state index contributed by atoms with van der Waals surface area (Å²) in [6.07, 6.45) is 4.24. The first-order valence-corrected chi connectivity index (χ1v) is 9.13. The van der Waals surface area contributed by atoms with Crippen molar-refractivity contribution in [1.82, 2.24) is 15.1 Å². The van der Waals surface area contributed by atoms with Crippen LogP contribution in [0.1, 0.15) is 35.3 Å². The van der Waals surface area contributed by atoms with E-state index in [4.69, 9.17) is 9.47 Å². The SMILES string of the molecule is O=C(c1cccnn1)N1CC[C@H](OCc2ccccc2)[C@]2(CCCO2)C1. The van der Waals surface area contributed by atoms with Crippen LogP contribution < -0.4 is 0 Å². The molecule has 2 saturated heterocycles. The van der Waals surface area contributed by atoms with Crippen molar-refractivity contribution in [2.45, 2.75) is 37.6 Å². The van der Waals surface area contributed by atoms with Crippen LogP contribution in [0.25, 0.3) is 0 Å². The molecule has 0 unspecified atom stereocenters. The van der Waals surface area contributed by atoms with Crippen LogP contribution in [0.2, 0.25) is 0 Å². The van der Waals surface area contributed by atoms with Crippen LogP contribution in [-0.2, 0) is 16.1 Å². The van der Waals surface area contributed by atoms with Crippen LogP contribution in [0.5, 0.6) is 0 Å². The van der Waals surface area contributed by atoms with Crippen LogP contribution in [0, 0.1) is 0 Å². The highest BCUT2D eigenvalue weighted by atomic mass is 16.6. The van der Waals surface area contributed by atoms with Crippen molar-refractivity contribution in [3.05, 3.63) is 59.9 Å². The number of likely N-dealkylation sites (tertiary alicyclic amines) is 1. The second-order valence-corrected chi connectivity index (χ2v) is 6.93. The molecule has 2 aliphatic heterocycles. The highest BCUT2D eigenvalue weighted by Crippen LogP contribution is 2.37. The molecule has 0 radical (unpaired) electrons. The van der Waals surface area contributed by atoms with Crippen molar-refractivity contribution in [2.24, 2.45) is 0 Å². The van der Waals surface area contributed by atoms with Crippen LogP contribution in [-0.4, -0.2) is 52.4 Å². The average Bonchev–Trinajstić information content (AvgIpc) is 3.16. The summed E-state index contributed by atoms with van der Waals surface area (Å²) in [5.41, 5.74) is 1.12. The number of rotatable bonds is 4. The Bertz CT molecular complexity index is 732. The van der Waals surface area contributed by atoms with Gasteiger partial charge in [-0.3, -0.25) is 4.79 Å². The lowest BCUT2D eigenvalue weighted by Gasteiger charge is -2.45. The van der Waals surface area contributed by atoms with Gasteiger partial charge in [-0.15, -0.1) is 5.10 Å². The van der Waals surface area contributed by atoms with E-state index in [-0.39, 0.29) is 12.0 Å². The quantitative estimate of drug-likeness (QED) is 0.845. The van der Waals surface area contributed by atoms with E-state index in [0.717, 1.165) is 31.4 Å². The first kappa shape index (κ1) is 17.1. The minimum absolute atomic E-state index is 0.00360. The lowest BCUT2D eigenvalue weighted by molar-refractivity contribution is -0.153. The van der Waals surface area contributed by atoms with Crippen molar-refractivity contribution in [1.29, 1.82) is 0 Å². The molecule has 136 valence electrons. The zero-order chi connectivity index (χ0) is 17.8. The van der Waals surface area contributed by atoms with Gasteiger partial charge in [-0.1, -0.05) is 30.3 Å². The zero-order valence-corrected chi connectivity index (χ0v) is 14.7. The topological polar surface area (TPSA) is 64.6 Å². The summed E-state index contributed by atoms with van der Waals surface area (Å²) >= 11 is 0. The molecule has 4 rings (SSSR count). The highest BCUT2D eigenvalue weighted by molar-refractivity contribution is 5.92. The molecular weight excluding hydrogens is 330 g/mol. The maximum Gasteiger partial charge on any atom is 0.274 e. The summed E-state index contributed by atoms with van der Waals surface area (Å²) in [5, 5.41) is 7.76. The Morgan fingerprint density at radius 2 is 2.15 bits per heavy atom. The fourth-order valence-corrected chi connectivity index (χ4v) is 3.89. The number of benzene rings is 1. The standard InChI is InChI=1S/C20H23N3O3/c24-19(17-8-4-11-21-22-17)23-12-9-18(20(15-23)10-5-13-26-20)25-14-16-6-2-1-3-7-16/h1-4,6-8,11,18H,5,9-10,12-15H2/t18-,20-/m0/s1. The molecule has 1 aromatic heterocycles. The minimum Gasteiger partial charge on any atom is -0.370 e. The zero-order valence-electron chi connectivity index (χ0n) is 14.7. The molecule has 1 spiro atoms. The molecule has 0 N–H and O–H groups in total. The van der Waals surface area contributed by atoms with Gasteiger partial charge in [0.25, 0.3) is 5.91 Å². The van der Waals surface area contributed by atoms with Gasteiger partial charge >= 0.3 is 0 Å². The van der Waals surface area contributed by atoms with Gasteiger partial charge in [0.1, 0.15) is 5.60 Å². The number of hydrogen-bond acceptors (Lipinski definition) is 5. The molecule has 2 atom stereocenters. The van der Waals surface area contributed by atoms with Crippen molar-refractivity contribution in [3.63, 3.8) is 0 Å². The number of ether oxygens (including phenoxy) is 2. The highest BCUT2D eigenvalue weighted by Gasteiger charge is 2.48. The third-order valence-corrected chi connectivity index (χ3v) is 5.21. The molecule has 0 bridgehead atoms. The molecule has 0 aliphatic carbocycles. The van der Waals surface area contributed by atoms with Gasteiger partial charge in [0.15, 0.2) is 5.69 Å². The van der Waals surface area contributed by atoms with Crippen LogP contribution in [0.15, 0.2) is 48.7 Å². The predicted octanol–water partition coefficient (Wildman–Crippen LogP) is 2.46. The molecule has 3 heterocycles. The first-order chi connectivity index (χ1) is 12.8. The van der Waals surface area contributed by atoms with Gasteiger partial charge in [0.2, 0.25) is 0 Å². The lowest BCUT2D eigenvalue weighted by atomic mass is 9.86. The van der Waals surface area contributed by atoms with Gasteiger partial charge in [-0.05, 0) is 37.0 Å². The van der Waals surface area contributed by atoms with E-state index in [2.05, 4.69) is 22.3 Å². The van der Waals surface area contributed by atoms with Gasteiger partial charge < -0.3 is 14.4 Å². The number of nitrogens with zero attached hydrogens (tertiary/aromatic N) is 3. The van der Waals surface area contributed by atoms with Gasteiger partial charge in [-0.2, -0.15) is 5.10 Å². The normalized spacial score (nSPS) is 25.5. The average molecular weight is 353 g/mol. The summed E-state index contributed by atoms with van der Waals surface area (Å²) in [4.78, 5) is 14.6. The van der Waals surface area contributed by atoms with Gasteiger partial charge in [-0.25, -0.2) is 0 Å². The van der Waals surface area contributed by atoms with Crippen molar-refractivity contribution in [3.8, 4) is 0 Å². The van der Waals surface area contributed by atoms with Crippen molar-refractivity contribution >= 4 is 5.91 Å². The summed E-state index contributed by atoms with van der Waals surface area (Å²) in [7, 11) is 0. The molecule has 2 fully saturated rings. The second-order valence-electron chi connectivity index (χ2n) is 6.93. The number of carbonyl (C=O) groups excluding carboxylic acids is 1. The molecule has 0 saturated carbocycles. The van der Waals surface area contributed by atoms with Crippen molar-refractivity contribution in [2.75, 3.05) is 19.7 Å². The molecule has 1 amide bonds. The Balaban J connectivity index is 1.46. The van der Waals surface area contributed by atoms with E-state index in [0.29, 0.717) is 25.4 Å². The summed E-state index contributed by atoms with van der Waals surface area (Å²) in [5.74, 6) is -0.0884. The molecule has 2 aliphatic rings. The monoisotopic (exact) mass is 353 g/mol. The molecule has 6 heteroatoms. The molecular formula is C20H23N3O3. The fraction of sp³-hybridized carbons (Fsp3) is 0.450. The van der Waals surface area contributed by atoms with E-state index in [1.165, 1.54) is 0 Å². The van der Waals surface area contributed by atoms with E-state index >= 15 is 0 Å². The number of aromatic nitrogens is 2. The Kier molecular flexibility index (Phi) is 4.95. The molecule has 26 heavy (non-hydrogen) atoms. The smallest absolute Gasteiger partial charge is 0.274 e. The number of hydrogen-bond donors (Lipinski definition) is 0. The minimum atomic E-state index is -0.412. The first-order valence-electron chi connectivity index (χ1n) is 9.13. The maximum absolute atomic E-state index is 12.8. The Morgan fingerprint density at radius 1 is 1.27 bits per heavy atom. The van der Waals surface area contributed by atoms with E-state index in [1.54, 1.807) is 18.3 Å². The van der Waals surface area contributed by atoms with Gasteiger partial charge in [0.05, 0.1) is 19.3 Å². The largest absolute Gasteiger partial charge is 0.370 e. The van der Waals surface area contributed by atoms with Crippen LogP contribution in [0.3, 0.4) is 0 Å². The van der Waals surface area contributed by atoms with Crippen molar-refractivity contribution < 1.29 is 14.3 Å². The third kappa shape index (κ3) is 3.48. The van der Waals surface area contributed by atoms with Crippen LogP contribution >= 0.6 is 0 Å². The van der Waals surface area contributed by atoms with E-state index < -0.39 is 5.60 Å². The Labute approximate surface area is 153 Å². The predicted molar refractivity (Wildman–Crippen MR) is 95.5 cm³/mol. The second kappa shape index (κ2) is 7.51. The van der Waals surface area contributed by atoms with Crippen LogP contribution in [0.4, 0.5) is 0 Å². The third-order valence-electron chi connectivity index (χ3n) is 5.21. The maximum atomic E-state index is 12.8. The Hall–Kier alpha value is -2.31. The summed E-state index contributed by atoms with van der Waals surface area (Å²) < 4.78 is 12.4. The molecule has 1 aromatic carbocycles. The van der Waals surface area contributed by atoms with E-state index in [9.17, 15) is 4.79 Å². The van der Waals surface area contributed by atoms with Gasteiger partial charge in [0, 0.05) is 19.3 Å². The summed E-state index contributed by atoms with van der Waals surface area (Å²) in [6.45, 7) is 2.47. The lowest BCUT2D eigenvalue weighted by Crippen LogP contribution is -2.58. The molecule has 6 nitrogen and oxygen atoms in total. The van der Waals surface area contributed by atoms with E-state index in [1.807, 2.05) is 23.1 Å². The number of carbonyl (C=O) groups is 1. The molecule has 2 aromatic rings. The Morgan fingerprint density at radius 3 is 2.88 bits per heavy atom. The number of piperidine rings is 1. The number of amides is 1. The summed E-state index contributed by atoms with van der Waals surface area (Å²) in [6, 6.07) is 13.6.